The Hall–Kier alpha value is -2.84. The normalized spacial score (nSPS) is 10.7. The SMILES string of the molecule is CC(C)C(=O)Nc1ccc(C(=O)COC(=O)c2csc(-c3cccs3)n2)cc1. The first-order valence-corrected chi connectivity index (χ1v) is 10.3. The molecule has 1 aromatic carbocycles. The molecular weight excluding hydrogens is 396 g/mol. The Balaban J connectivity index is 1.55. The number of thiophene rings is 1. The first kappa shape index (κ1) is 19.9. The summed E-state index contributed by atoms with van der Waals surface area (Å²) in [5, 5.41) is 7.05. The molecule has 0 aliphatic carbocycles. The average Bonchev–Trinajstić information content (AvgIpc) is 3.37. The van der Waals surface area contributed by atoms with E-state index in [1.165, 1.54) is 22.7 Å². The molecule has 0 aliphatic heterocycles. The van der Waals surface area contributed by atoms with E-state index in [2.05, 4.69) is 10.3 Å². The summed E-state index contributed by atoms with van der Waals surface area (Å²) in [7, 11) is 0. The van der Waals surface area contributed by atoms with Crippen LogP contribution in [0.2, 0.25) is 0 Å². The fraction of sp³-hybridized carbons (Fsp3) is 0.200. The van der Waals surface area contributed by atoms with Gasteiger partial charge in [-0.1, -0.05) is 19.9 Å². The summed E-state index contributed by atoms with van der Waals surface area (Å²) in [6, 6.07) is 10.3. The highest BCUT2D eigenvalue weighted by Crippen LogP contribution is 2.28. The van der Waals surface area contributed by atoms with Gasteiger partial charge in [0.25, 0.3) is 0 Å². The van der Waals surface area contributed by atoms with Crippen LogP contribution in [0.3, 0.4) is 0 Å². The number of amides is 1. The monoisotopic (exact) mass is 414 g/mol. The van der Waals surface area contributed by atoms with Gasteiger partial charge in [-0.2, -0.15) is 0 Å². The highest BCUT2D eigenvalue weighted by atomic mass is 32.1. The molecule has 1 N–H and O–H groups in total. The number of benzene rings is 1. The van der Waals surface area contributed by atoms with Crippen LogP contribution in [-0.4, -0.2) is 29.3 Å². The van der Waals surface area contributed by atoms with E-state index < -0.39 is 5.97 Å². The summed E-state index contributed by atoms with van der Waals surface area (Å²) in [6.45, 7) is 3.23. The molecule has 2 heterocycles. The number of nitrogens with one attached hydrogen (secondary N) is 1. The molecule has 28 heavy (non-hydrogen) atoms. The number of ether oxygens (including phenoxy) is 1. The minimum atomic E-state index is -0.631. The lowest BCUT2D eigenvalue weighted by molar-refractivity contribution is -0.118. The van der Waals surface area contributed by atoms with Gasteiger partial charge >= 0.3 is 5.97 Å². The number of thiazole rings is 1. The second-order valence-corrected chi connectivity index (χ2v) is 8.04. The molecular formula is C20H18N2O4S2. The molecule has 6 nitrogen and oxygen atoms in total. The fourth-order valence-electron chi connectivity index (χ4n) is 2.20. The second-order valence-electron chi connectivity index (χ2n) is 6.24. The first-order valence-electron chi connectivity index (χ1n) is 8.54. The van der Waals surface area contributed by atoms with Crippen molar-refractivity contribution in [1.29, 1.82) is 0 Å². The number of esters is 1. The molecule has 0 atom stereocenters. The lowest BCUT2D eigenvalue weighted by Gasteiger charge is -2.08. The van der Waals surface area contributed by atoms with Crippen molar-refractivity contribution in [3.05, 3.63) is 58.4 Å². The van der Waals surface area contributed by atoms with Crippen molar-refractivity contribution in [3.63, 3.8) is 0 Å². The van der Waals surface area contributed by atoms with Gasteiger partial charge < -0.3 is 10.1 Å². The van der Waals surface area contributed by atoms with Gasteiger partial charge in [0.15, 0.2) is 18.1 Å². The van der Waals surface area contributed by atoms with Crippen LogP contribution in [0, 0.1) is 5.92 Å². The van der Waals surface area contributed by atoms with Gasteiger partial charge in [0.1, 0.15) is 5.01 Å². The number of anilines is 1. The fourth-order valence-corrected chi connectivity index (χ4v) is 3.80. The van der Waals surface area contributed by atoms with Crippen molar-refractivity contribution < 1.29 is 19.1 Å². The van der Waals surface area contributed by atoms with Crippen LogP contribution in [0.25, 0.3) is 9.88 Å². The first-order chi connectivity index (χ1) is 13.4. The summed E-state index contributed by atoms with van der Waals surface area (Å²) in [5.74, 6) is -1.19. The summed E-state index contributed by atoms with van der Waals surface area (Å²) in [5.41, 5.74) is 1.19. The zero-order valence-corrected chi connectivity index (χ0v) is 16.9. The van der Waals surface area contributed by atoms with E-state index >= 15 is 0 Å². The number of Topliss-reactive ketones (excluding diaryl/α,β-unsaturated/α-hetero) is 1. The summed E-state index contributed by atoms with van der Waals surface area (Å²) < 4.78 is 5.09. The molecule has 1 amide bonds. The third-order valence-electron chi connectivity index (χ3n) is 3.78. The second kappa shape index (κ2) is 8.90. The van der Waals surface area contributed by atoms with Crippen molar-refractivity contribution in [2.45, 2.75) is 13.8 Å². The van der Waals surface area contributed by atoms with Crippen molar-refractivity contribution in [2.24, 2.45) is 5.92 Å². The lowest BCUT2D eigenvalue weighted by atomic mass is 10.1. The van der Waals surface area contributed by atoms with Gasteiger partial charge in [-0.25, -0.2) is 9.78 Å². The Morgan fingerprint density at radius 1 is 1.11 bits per heavy atom. The van der Waals surface area contributed by atoms with Crippen LogP contribution in [-0.2, 0) is 9.53 Å². The number of nitrogens with zero attached hydrogens (tertiary/aromatic N) is 1. The zero-order valence-electron chi connectivity index (χ0n) is 15.3. The van der Waals surface area contributed by atoms with E-state index in [1.54, 1.807) is 43.5 Å². The molecule has 0 fully saturated rings. The topological polar surface area (TPSA) is 85.4 Å². The lowest BCUT2D eigenvalue weighted by Crippen LogP contribution is -2.18. The quantitative estimate of drug-likeness (QED) is 0.454. The van der Waals surface area contributed by atoms with Crippen LogP contribution in [0.1, 0.15) is 34.7 Å². The molecule has 8 heteroatoms. The van der Waals surface area contributed by atoms with Gasteiger partial charge in [0.05, 0.1) is 4.88 Å². The van der Waals surface area contributed by atoms with E-state index in [0.717, 1.165) is 9.88 Å². The highest BCUT2D eigenvalue weighted by molar-refractivity contribution is 7.20. The Kier molecular flexibility index (Phi) is 6.33. The predicted octanol–water partition coefficient (Wildman–Crippen LogP) is 4.51. The maximum Gasteiger partial charge on any atom is 0.358 e. The number of ketones is 1. The highest BCUT2D eigenvalue weighted by Gasteiger charge is 2.16. The van der Waals surface area contributed by atoms with Crippen LogP contribution in [0.4, 0.5) is 5.69 Å². The number of hydrogen-bond acceptors (Lipinski definition) is 7. The molecule has 144 valence electrons. The molecule has 3 aromatic rings. The zero-order chi connectivity index (χ0) is 20.1. The van der Waals surface area contributed by atoms with Crippen molar-refractivity contribution in [1.82, 2.24) is 4.98 Å². The average molecular weight is 415 g/mol. The molecule has 0 saturated heterocycles. The third-order valence-corrected chi connectivity index (χ3v) is 5.66. The van der Waals surface area contributed by atoms with Gasteiger partial charge in [0, 0.05) is 22.5 Å². The summed E-state index contributed by atoms with van der Waals surface area (Å²) in [6.07, 6.45) is 0. The standard InChI is InChI=1S/C20H18N2O4S2/c1-12(2)18(24)21-14-7-5-13(6-8-14)16(23)10-26-20(25)15-11-28-19(22-15)17-4-3-9-27-17/h3-9,11-12H,10H2,1-2H3,(H,21,24). The van der Waals surface area contributed by atoms with E-state index in [4.69, 9.17) is 4.74 Å². The molecule has 0 unspecified atom stereocenters. The molecule has 0 saturated carbocycles. The largest absolute Gasteiger partial charge is 0.453 e. The van der Waals surface area contributed by atoms with Gasteiger partial charge in [-0.3, -0.25) is 9.59 Å². The maximum absolute atomic E-state index is 12.2. The Bertz CT molecular complexity index is 976. The summed E-state index contributed by atoms with van der Waals surface area (Å²) in [4.78, 5) is 41.3. The number of hydrogen-bond donors (Lipinski definition) is 1. The Morgan fingerprint density at radius 3 is 2.50 bits per heavy atom. The molecule has 3 rings (SSSR count). The van der Waals surface area contributed by atoms with Crippen LogP contribution < -0.4 is 5.32 Å². The molecule has 0 aliphatic rings. The van der Waals surface area contributed by atoms with E-state index in [1.807, 2.05) is 17.5 Å². The van der Waals surface area contributed by atoms with Crippen molar-refractivity contribution in [3.8, 4) is 9.88 Å². The van der Waals surface area contributed by atoms with E-state index in [9.17, 15) is 14.4 Å². The van der Waals surface area contributed by atoms with Gasteiger partial charge in [-0.15, -0.1) is 22.7 Å². The molecule has 2 aromatic heterocycles. The Labute approximate surface area is 170 Å². The molecule has 0 bridgehead atoms. The van der Waals surface area contributed by atoms with Gasteiger partial charge in [-0.05, 0) is 35.7 Å². The summed E-state index contributed by atoms with van der Waals surface area (Å²) >= 11 is 2.89. The van der Waals surface area contributed by atoms with E-state index in [-0.39, 0.29) is 29.9 Å². The smallest absolute Gasteiger partial charge is 0.358 e. The number of rotatable bonds is 7. The number of carbonyl (C=O) groups is 3. The van der Waals surface area contributed by atoms with Crippen LogP contribution >= 0.6 is 22.7 Å². The third kappa shape index (κ3) is 4.90. The predicted molar refractivity (Wildman–Crippen MR) is 110 cm³/mol. The van der Waals surface area contributed by atoms with E-state index in [0.29, 0.717) is 11.3 Å². The van der Waals surface area contributed by atoms with Crippen molar-refractivity contribution in [2.75, 3.05) is 11.9 Å². The van der Waals surface area contributed by atoms with Gasteiger partial charge in [0.2, 0.25) is 5.91 Å². The minimum absolute atomic E-state index is 0.0989. The minimum Gasteiger partial charge on any atom is -0.453 e. The number of carbonyl (C=O) groups excluding carboxylic acids is 3. The molecule has 0 radical (unpaired) electrons. The number of aromatic nitrogens is 1. The maximum atomic E-state index is 12.2. The Morgan fingerprint density at radius 2 is 1.86 bits per heavy atom. The molecule has 0 spiro atoms. The van der Waals surface area contributed by atoms with Crippen LogP contribution in [0.5, 0.6) is 0 Å². The van der Waals surface area contributed by atoms with Crippen molar-refractivity contribution >= 4 is 46.0 Å². The van der Waals surface area contributed by atoms with Crippen LogP contribution in [0.15, 0.2) is 47.2 Å².